The Balaban J connectivity index is -0.0000000453. The third kappa shape index (κ3) is 116. The van der Waals surface area contributed by atoms with Crippen LogP contribution in [0.1, 0.15) is 92.9 Å². The van der Waals surface area contributed by atoms with E-state index in [1.807, 2.05) is 0 Å². The molecule has 3 heteroatoms. The van der Waals surface area contributed by atoms with Crippen LogP contribution in [0.5, 0.6) is 0 Å². The zero-order valence-corrected chi connectivity index (χ0v) is 17.3. The van der Waals surface area contributed by atoms with E-state index in [2.05, 4.69) is 41.5 Å². The molecular weight excluding hydrogens is 343 g/mol. The van der Waals surface area contributed by atoms with Gasteiger partial charge >= 0.3 is 0 Å². The van der Waals surface area contributed by atoms with Gasteiger partial charge in [-0.05, 0) is 12.8 Å². The summed E-state index contributed by atoms with van der Waals surface area (Å²) in [5.74, 6) is 0. The zero-order chi connectivity index (χ0) is 15.1. The number of unbranched alkanes of at least 4 members (excludes halogenated alkanes) is 4. The van der Waals surface area contributed by atoms with Gasteiger partial charge in [0.05, 0.1) is 0 Å². The molecule has 19 heavy (non-hydrogen) atoms. The Labute approximate surface area is 140 Å². The molecule has 0 atom stereocenters. The van der Waals surface area contributed by atoms with Gasteiger partial charge in [0, 0.05) is 37.1 Å². The molecule has 0 spiro atoms. The van der Waals surface area contributed by atoms with Crippen LogP contribution in [0.25, 0.3) is 0 Å². The second kappa shape index (κ2) is 51.2. The summed E-state index contributed by atoms with van der Waals surface area (Å²) >= 11 is 0. The minimum absolute atomic E-state index is 0. The summed E-state index contributed by atoms with van der Waals surface area (Å²) in [5.41, 5.74) is 0. The van der Waals surface area contributed by atoms with Crippen molar-refractivity contribution in [2.24, 2.45) is 0 Å². The van der Waals surface area contributed by atoms with E-state index in [1.165, 1.54) is 25.7 Å². The average Bonchev–Trinajstić information content (AvgIpc) is 2.42. The standard InChI is InChI=1S/2C4H10O.2C4H10.Sn/c2*1-2-3-4-5;2*1-3-4-2;/h2*5H,2-4H2,1H3;2*3-4H2,1-2H3;. The molecule has 2 N–H and O–H groups in total. The minimum Gasteiger partial charge on any atom is -0.396 e. The fraction of sp³-hybridized carbons (Fsp3) is 1.00. The van der Waals surface area contributed by atoms with Gasteiger partial charge in [0.2, 0.25) is 0 Å². The van der Waals surface area contributed by atoms with Crippen molar-refractivity contribution in [3.8, 4) is 0 Å². The maximum atomic E-state index is 8.07. The Morgan fingerprint density at radius 3 is 0.684 bits per heavy atom. The van der Waals surface area contributed by atoms with Crippen molar-refractivity contribution in [3.05, 3.63) is 0 Å². The molecule has 0 amide bonds. The molecule has 2 nitrogen and oxygen atoms in total. The van der Waals surface area contributed by atoms with Gasteiger partial charge in [0.25, 0.3) is 0 Å². The number of aliphatic hydroxyl groups is 2. The Bertz CT molecular complexity index is 63.1. The van der Waals surface area contributed by atoms with E-state index in [1.54, 1.807) is 0 Å². The second-order valence-electron chi connectivity index (χ2n) is 4.15. The summed E-state index contributed by atoms with van der Waals surface area (Å²) in [6, 6.07) is 0. The molecule has 4 radical (unpaired) electrons. The van der Waals surface area contributed by atoms with Crippen molar-refractivity contribution in [3.63, 3.8) is 0 Å². The van der Waals surface area contributed by atoms with E-state index in [4.69, 9.17) is 10.2 Å². The summed E-state index contributed by atoms with van der Waals surface area (Å²) in [5, 5.41) is 16.1. The van der Waals surface area contributed by atoms with Gasteiger partial charge in [-0.15, -0.1) is 0 Å². The quantitative estimate of drug-likeness (QED) is 0.648. The average molecular weight is 383 g/mol. The largest absolute Gasteiger partial charge is 0.396 e. The molecule has 0 saturated heterocycles. The van der Waals surface area contributed by atoms with Crippen LogP contribution >= 0.6 is 0 Å². The first-order valence-electron chi connectivity index (χ1n) is 7.88. The van der Waals surface area contributed by atoms with Gasteiger partial charge in [-0.2, -0.15) is 0 Å². The Kier molecular flexibility index (Phi) is 85.9. The maximum Gasteiger partial charge on any atom is 0.0430 e. The normalized spacial score (nSPS) is 7.58. The Morgan fingerprint density at radius 2 is 0.684 bits per heavy atom. The summed E-state index contributed by atoms with van der Waals surface area (Å²) in [7, 11) is 0. The zero-order valence-electron chi connectivity index (χ0n) is 14.5. The predicted octanol–water partition coefficient (Wildman–Crippen LogP) is 4.79. The van der Waals surface area contributed by atoms with Crippen molar-refractivity contribution in [2.75, 3.05) is 13.2 Å². The van der Waals surface area contributed by atoms with Crippen molar-refractivity contribution in [2.45, 2.75) is 92.9 Å². The Morgan fingerprint density at radius 1 is 0.474 bits per heavy atom. The van der Waals surface area contributed by atoms with Crippen LogP contribution < -0.4 is 0 Å². The van der Waals surface area contributed by atoms with E-state index in [-0.39, 0.29) is 23.9 Å². The van der Waals surface area contributed by atoms with E-state index >= 15 is 0 Å². The first kappa shape index (κ1) is 31.9. The smallest absolute Gasteiger partial charge is 0.0430 e. The van der Waals surface area contributed by atoms with Crippen LogP contribution in [0.3, 0.4) is 0 Å². The van der Waals surface area contributed by atoms with Crippen LogP contribution in [0.2, 0.25) is 0 Å². The number of hydrogen-bond donors (Lipinski definition) is 2. The molecule has 0 saturated carbocycles. The number of hydrogen-bond acceptors (Lipinski definition) is 2. The predicted molar refractivity (Wildman–Crippen MR) is 90.9 cm³/mol. The van der Waals surface area contributed by atoms with E-state index in [9.17, 15) is 0 Å². The molecule has 0 bridgehead atoms. The Hall–Kier alpha value is 0.719. The summed E-state index contributed by atoms with van der Waals surface area (Å²) < 4.78 is 0. The summed E-state index contributed by atoms with van der Waals surface area (Å²) in [6.07, 6.45) is 9.35. The van der Waals surface area contributed by atoms with Crippen molar-refractivity contribution in [1.82, 2.24) is 0 Å². The number of aliphatic hydroxyl groups excluding tert-OH is 2. The molecule has 0 aliphatic heterocycles. The monoisotopic (exact) mass is 384 g/mol. The molecular formula is C16H40O2Sn. The molecule has 0 unspecified atom stereocenters. The van der Waals surface area contributed by atoms with Crippen LogP contribution in [-0.4, -0.2) is 47.3 Å². The second-order valence-corrected chi connectivity index (χ2v) is 4.15. The first-order valence-corrected chi connectivity index (χ1v) is 7.88. The third-order valence-electron chi connectivity index (χ3n) is 2.02. The van der Waals surface area contributed by atoms with Gasteiger partial charge in [0.1, 0.15) is 0 Å². The van der Waals surface area contributed by atoms with Gasteiger partial charge < -0.3 is 10.2 Å². The van der Waals surface area contributed by atoms with Crippen molar-refractivity contribution in [1.29, 1.82) is 0 Å². The SMILES string of the molecule is CCCC.CCCC.CCCCO.CCCCO.[Sn]. The summed E-state index contributed by atoms with van der Waals surface area (Å²) in [4.78, 5) is 0. The molecule has 0 aliphatic rings. The minimum atomic E-state index is 0. The third-order valence-corrected chi connectivity index (χ3v) is 2.02. The molecule has 0 aromatic heterocycles. The van der Waals surface area contributed by atoms with Crippen LogP contribution in [0, 0.1) is 0 Å². The van der Waals surface area contributed by atoms with Crippen LogP contribution in [0.15, 0.2) is 0 Å². The van der Waals surface area contributed by atoms with E-state index < -0.39 is 0 Å². The molecule has 0 rings (SSSR count). The maximum absolute atomic E-state index is 8.07. The van der Waals surface area contributed by atoms with Gasteiger partial charge in [0.15, 0.2) is 0 Å². The molecule has 0 fully saturated rings. The van der Waals surface area contributed by atoms with Crippen LogP contribution in [-0.2, 0) is 0 Å². The fourth-order valence-corrected chi connectivity index (χ4v) is 0.316. The topological polar surface area (TPSA) is 40.5 Å². The van der Waals surface area contributed by atoms with Crippen molar-refractivity contribution >= 4 is 23.9 Å². The molecule has 0 aliphatic carbocycles. The van der Waals surface area contributed by atoms with E-state index in [0.717, 1.165) is 25.7 Å². The molecule has 0 heterocycles. The van der Waals surface area contributed by atoms with E-state index in [0.29, 0.717) is 13.2 Å². The fourth-order valence-electron chi connectivity index (χ4n) is 0.316. The molecule has 120 valence electrons. The molecule has 0 aromatic carbocycles. The number of rotatable bonds is 6. The first-order chi connectivity index (χ1) is 8.66. The summed E-state index contributed by atoms with van der Waals surface area (Å²) in [6.45, 7) is 13.5. The van der Waals surface area contributed by atoms with Crippen LogP contribution in [0.4, 0.5) is 0 Å². The van der Waals surface area contributed by atoms with Gasteiger partial charge in [-0.25, -0.2) is 0 Å². The van der Waals surface area contributed by atoms with Crippen molar-refractivity contribution < 1.29 is 10.2 Å². The van der Waals surface area contributed by atoms with Gasteiger partial charge in [-0.3, -0.25) is 0 Å². The molecule has 0 aromatic rings. The van der Waals surface area contributed by atoms with Gasteiger partial charge in [-0.1, -0.05) is 80.1 Å².